The van der Waals surface area contributed by atoms with Crippen molar-refractivity contribution in [1.82, 2.24) is 25.1 Å². The van der Waals surface area contributed by atoms with Crippen LogP contribution in [0.25, 0.3) is 0 Å². The van der Waals surface area contributed by atoms with E-state index in [9.17, 15) is 4.79 Å². The zero-order valence-electron chi connectivity index (χ0n) is 9.69. The summed E-state index contributed by atoms with van der Waals surface area (Å²) < 4.78 is 0.405. The summed E-state index contributed by atoms with van der Waals surface area (Å²) in [7, 11) is 0. The van der Waals surface area contributed by atoms with Crippen molar-refractivity contribution in [2.75, 3.05) is 6.54 Å². The van der Waals surface area contributed by atoms with E-state index in [0.29, 0.717) is 11.3 Å². The summed E-state index contributed by atoms with van der Waals surface area (Å²) in [5.41, 5.74) is 2.80. The van der Waals surface area contributed by atoms with E-state index in [0.717, 1.165) is 36.3 Å². The van der Waals surface area contributed by atoms with Crippen molar-refractivity contribution in [1.29, 1.82) is 0 Å². The van der Waals surface area contributed by atoms with Gasteiger partial charge < -0.3 is 4.98 Å². The van der Waals surface area contributed by atoms with Crippen molar-refractivity contribution in [3.63, 3.8) is 0 Å². The quantitative estimate of drug-likeness (QED) is 0.697. The molecular weight excluding hydrogens is 250 g/mol. The number of rotatable bonds is 2. The molecule has 1 aliphatic rings. The molecule has 2 aromatic rings. The molecule has 6 nitrogen and oxygen atoms in total. The summed E-state index contributed by atoms with van der Waals surface area (Å²) in [6.07, 6.45) is 4.50. The van der Waals surface area contributed by atoms with Crippen molar-refractivity contribution in [2.45, 2.75) is 19.5 Å². The van der Waals surface area contributed by atoms with E-state index in [4.69, 9.17) is 12.2 Å². The molecule has 0 atom stereocenters. The molecule has 0 amide bonds. The van der Waals surface area contributed by atoms with Crippen LogP contribution in [0.3, 0.4) is 0 Å². The Morgan fingerprint density at radius 2 is 2.33 bits per heavy atom. The van der Waals surface area contributed by atoms with Gasteiger partial charge in [0.1, 0.15) is 0 Å². The number of nitrogens with one attached hydrogen (secondary N) is 3. The number of aromatic nitrogens is 4. The molecule has 0 aliphatic carbocycles. The van der Waals surface area contributed by atoms with Gasteiger partial charge in [0, 0.05) is 43.5 Å². The summed E-state index contributed by atoms with van der Waals surface area (Å²) in [4.78, 5) is 19.8. The van der Waals surface area contributed by atoms with Crippen molar-refractivity contribution in [2.24, 2.45) is 0 Å². The molecule has 0 saturated heterocycles. The predicted octanol–water partition coefficient (Wildman–Crippen LogP) is 0.714. The van der Waals surface area contributed by atoms with E-state index in [-0.39, 0.29) is 5.56 Å². The first kappa shape index (κ1) is 11.4. The van der Waals surface area contributed by atoms with E-state index in [2.05, 4.69) is 25.1 Å². The van der Waals surface area contributed by atoms with E-state index in [1.165, 1.54) is 0 Å². The maximum Gasteiger partial charge on any atom is 0.256 e. The van der Waals surface area contributed by atoms with Gasteiger partial charge in [0.05, 0.1) is 11.8 Å². The Bertz CT molecular complexity index is 657. The SMILES string of the molecule is O=c1[nH]c(=S)[nH]c2c1CN(Cc1cn[nH]c1)CC2. The second kappa shape index (κ2) is 4.51. The van der Waals surface area contributed by atoms with Crippen LogP contribution in [0.1, 0.15) is 16.8 Å². The minimum Gasteiger partial charge on any atom is -0.335 e. The van der Waals surface area contributed by atoms with E-state index >= 15 is 0 Å². The van der Waals surface area contributed by atoms with E-state index < -0.39 is 0 Å². The highest BCUT2D eigenvalue weighted by atomic mass is 32.1. The smallest absolute Gasteiger partial charge is 0.256 e. The Labute approximate surface area is 108 Å². The van der Waals surface area contributed by atoms with Crippen LogP contribution in [0.15, 0.2) is 17.2 Å². The van der Waals surface area contributed by atoms with Crippen molar-refractivity contribution in [3.05, 3.63) is 44.3 Å². The minimum absolute atomic E-state index is 0.0781. The van der Waals surface area contributed by atoms with Gasteiger partial charge in [-0.3, -0.25) is 19.8 Å². The lowest BCUT2D eigenvalue weighted by Gasteiger charge is -2.27. The second-order valence-corrected chi connectivity index (χ2v) is 4.84. The minimum atomic E-state index is -0.0781. The third-order valence-electron chi connectivity index (χ3n) is 3.15. The highest BCUT2D eigenvalue weighted by Crippen LogP contribution is 2.15. The zero-order valence-corrected chi connectivity index (χ0v) is 10.5. The summed E-state index contributed by atoms with van der Waals surface area (Å²) in [6, 6.07) is 0. The maximum absolute atomic E-state index is 11.8. The summed E-state index contributed by atoms with van der Waals surface area (Å²) in [5, 5.41) is 6.71. The lowest BCUT2D eigenvalue weighted by Crippen LogP contribution is -2.35. The molecular formula is C11H13N5OS. The Hall–Kier alpha value is -1.73. The number of aromatic amines is 3. The molecule has 7 heteroatoms. The molecule has 3 rings (SSSR count). The molecule has 0 fully saturated rings. The number of nitrogens with zero attached hydrogens (tertiary/aromatic N) is 2. The maximum atomic E-state index is 11.8. The third-order valence-corrected chi connectivity index (χ3v) is 3.35. The molecule has 18 heavy (non-hydrogen) atoms. The molecule has 0 radical (unpaired) electrons. The molecule has 0 spiro atoms. The molecule has 0 aromatic carbocycles. The van der Waals surface area contributed by atoms with Crippen molar-refractivity contribution >= 4 is 12.2 Å². The highest BCUT2D eigenvalue weighted by molar-refractivity contribution is 7.71. The molecule has 94 valence electrons. The normalized spacial score (nSPS) is 15.6. The third kappa shape index (κ3) is 2.14. The largest absolute Gasteiger partial charge is 0.335 e. The van der Waals surface area contributed by atoms with Crippen LogP contribution >= 0.6 is 12.2 Å². The highest BCUT2D eigenvalue weighted by Gasteiger charge is 2.19. The number of hydrogen-bond donors (Lipinski definition) is 3. The number of hydrogen-bond acceptors (Lipinski definition) is 4. The van der Waals surface area contributed by atoms with Gasteiger partial charge in [-0.25, -0.2) is 0 Å². The summed E-state index contributed by atoms with van der Waals surface area (Å²) in [5.74, 6) is 0. The topological polar surface area (TPSA) is 80.6 Å². The molecule has 0 unspecified atom stereocenters. The molecule has 0 saturated carbocycles. The number of fused-ring (bicyclic) bond motifs is 1. The lowest BCUT2D eigenvalue weighted by molar-refractivity contribution is 0.241. The van der Waals surface area contributed by atoms with E-state index in [1.54, 1.807) is 6.20 Å². The first-order valence-corrected chi connectivity index (χ1v) is 6.17. The Morgan fingerprint density at radius 1 is 1.44 bits per heavy atom. The molecule has 0 bridgehead atoms. The van der Waals surface area contributed by atoms with Crippen molar-refractivity contribution < 1.29 is 0 Å². The van der Waals surface area contributed by atoms with Gasteiger partial charge in [-0.15, -0.1) is 0 Å². The lowest BCUT2D eigenvalue weighted by atomic mass is 10.1. The van der Waals surface area contributed by atoms with Crippen LogP contribution in [0, 0.1) is 4.77 Å². The molecule has 2 aromatic heterocycles. The first-order valence-electron chi connectivity index (χ1n) is 5.77. The van der Waals surface area contributed by atoms with Gasteiger partial charge in [0.2, 0.25) is 0 Å². The average Bonchev–Trinajstić information content (AvgIpc) is 2.83. The summed E-state index contributed by atoms with van der Waals surface area (Å²) in [6.45, 7) is 2.35. The fraction of sp³-hybridized carbons (Fsp3) is 0.364. The van der Waals surface area contributed by atoms with Gasteiger partial charge in [-0.2, -0.15) is 5.10 Å². The molecule has 3 heterocycles. The zero-order chi connectivity index (χ0) is 12.5. The fourth-order valence-corrected chi connectivity index (χ4v) is 2.49. The van der Waals surface area contributed by atoms with Crippen LogP contribution in [-0.4, -0.2) is 31.6 Å². The van der Waals surface area contributed by atoms with Gasteiger partial charge in [0.25, 0.3) is 5.56 Å². The predicted molar refractivity (Wildman–Crippen MR) is 68.7 cm³/mol. The van der Waals surface area contributed by atoms with Crippen LogP contribution in [0.4, 0.5) is 0 Å². The van der Waals surface area contributed by atoms with Gasteiger partial charge in [0.15, 0.2) is 4.77 Å². The Kier molecular flexibility index (Phi) is 2.85. The van der Waals surface area contributed by atoms with Crippen LogP contribution in [0.5, 0.6) is 0 Å². The second-order valence-electron chi connectivity index (χ2n) is 4.43. The Morgan fingerprint density at radius 3 is 3.11 bits per heavy atom. The Balaban J connectivity index is 1.85. The first-order chi connectivity index (χ1) is 8.72. The number of H-pyrrole nitrogens is 3. The summed E-state index contributed by atoms with van der Waals surface area (Å²) >= 11 is 4.97. The van der Waals surface area contributed by atoms with Gasteiger partial charge in [-0.1, -0.05) is 0 Å². The average molecular weight is 263 g/mol. The van der Waals surface area contributed by atoms with Gasteiger partial charge >= 0.3 is 0 Å². The van der Waals surface area contributed by atoms with Crippen LogP contribution in [0.2, 0.25) is 0 Å². The fourth-order valence-electron chi connectivity index (χ4n) is 2.27. The van der Waals surface area contributed by atoms with E-state index in [1.807, 2.05) is 6.20 Å². The van der Waals surface area contributed by atoms with Crippen molar-refractivity contribution in [3.8, 4) is 0 Å². The van der Waals surface area contributed by atoms with Crippen LogP contribution in [-0.2, 0) is 19.5 Å². The molecule has 1 aliphatic heterocycles. The van der Waals surface area contributed by atoms with Crippen LogP contribution < -0.4 is 5.56 Å². The standard InChI is InChI=1S/C11H13N5OS/c17-10-8-6-16(5-7-3-12-13-4-7)2-1-9(8)14-11(18)15-10/h3-4H,1-2,5-6H2,(H,12,13)(H2,14,15,17,18). The van der Waals surface area contributed by atoms with Gasteiger partial charge in [-0.05, 0) is 12.2 Å². The molecule has 3 N–H and O–H groups in total. The monoisotopic (exact) mass is 263 g/mol.